The Hall–Kier alpha value is -2.08. The molecule has 110 valence electrons. The molecule has 0 spiro atoms. The molecule has 6 heteroatoms. The van der Waals surface area contributed by atoms with E-state index in [9.17, 15) is 9.59 Å². The molecule has 0 saturated heterocycles. The van der Waals surface area contributed by atoms with Gasteiger partial charge in [0.25, 0.3) is 0 Å². The maximum absolute atomic E-state index is 12.1. The number of thioether (sulfide) groups is 1. The second-order valence-corrected chi connectivity index (χ2v) is 5.74. The quantitative estimate of drug-likeness (QED) is 0.879. The van der Waals surface area contributed by atoms with Crippen molar-refractivity contribution in [2.24, 2.45) is 0 Å². The molecule has 0 unspecified atom stereocenters. The summed E-state index contributed by atoms with van der Waals surface area (Å²) in [7, 11) is 0. The van der Waals surface area contributed by atoms with Crippen LogP contribution in [-0.4, -0.2) is 27.1 Å². The molecule has 0 amide bonds. The van der Waals surface area contributed by atoms with Crippen molar-refractivity contribution in [3.8, 4) is 5.69 Å². The molecular formula is C15H16N2O3S. The molecule has 5 nitrogen and oxygen atoms in total. The van der Waals surface area contributed by atoms with Crippen LogP contribution in [0.1, 0.15) is 35.8 Å². The summed E-state index contributed by atoms with van der Waals surface area (Å²) in [5, 5.41) is 13.1. The Labute approximate surface area is 126 Å². The third kappa shape index (κ3) is 3.16. The summed E-state index contributed by atoms with van der Waals surface area (Å²) < 4.78 is 1.45. The van der Waals surface area contributed by atoms with Crippen LogP contribution in [0.4, 0.5) is 0 Å². The SMILES string of the molecule is CSc1ccc(-n2cc(C(C)C)c(=O)c(C(=O)O)n2)cc1. The van der Waals surface area contributed by atoms with E-state index in [-0.39, 0.29) is 5.92 Å². The van der Waals surface area contributed by atoms with Crippen molar-refractivity contribution in [3.63, 3.8) is 0 Å². The summed E-state index contributed by atoms with van der Waals surface area (Å²) in [4.78, 5) is 24.4. The third-order valence-corrected chi connectivity index (χ3v) is 3.85. The van der Waals surface area contributed by atoms with Crippen LogP contribution in [0.3, 0.4) is 0 Å². The van der Waals surface area contributed by atoms with Crippen LogP contribution in [0.2, 0.25) is 0 Å². The average molecular weight is 304 g/mol. The van der Waals surface area contributed by atoms with Crippen LogP contribution < -0.4 is 5.43 Å². The van der Waals surface area contributed by atoms with Crippen molar-refractivity contribution in [1.82, 2.24) is 9.78 Å². The van der Waals surface area contributed by atoms with E-state index in [1.54, 1.807) is 18.0 Å². The summed E-state index contributed by atoms with van der Waals surface area (Å²) >= 11 is 1.62. The largest absolute Gasteiger partial charge is 0.476 e. The topological polar surface area (TPSA) is 72.2 Å². The molecule has 1 aromatic carbocycles. The fraction of sp³-hybridized carbons (Fsp3) is 0.267. The Morgan fingerprint density at radius 1 is 1.29 bits per heavy atom. The first-order valence-electron chi connectivity index (χ1n) is 6.45. The number of rotatable bonds is 4. The maximum Gasteiger partial charge on any atom is 0.360 e. The molecule has 1 heterocycles. The molecule has 0 aliphatic rings. The van der Waals surface area contributed by atoms with Crippen LogP contribution in [0.5, 0.6) is 0 Å². The van der Waals surface area contributed by atoms with Gasteiger partial charge in [-0.25, -0.2) is 9.48 Å². The monoisotopic (exact) mass is 304 g/mol. The Morgan fingerprint density at radius 2 is 1.90 bits per heavy atom. The number of hydrogen-bond donors (Lipinski definition) is 1. The summed E-state index contributed by atoms with van der Waals surface area (Å²) in [6.07, 6.45) is 3.58. The van der Waals surface area contributed by atoms with Crippen molar-refractivity contribution in [3.05, 3.63) is 51.9 Å². The molecule has 0 saturated carbocycles. The number of benzene rings is 1. The standard InChI is InChI=1S/C15H16N2O3S/c1-9(2)12-8-17(16-13(14(12)18)15(19)20)10-4-6-11(21-3)7-5-10/h4-9H,1-3H3,(H,19,20). The van der Waals surface area contributed by atoms with E-state index in [2.05, 4.69) is 5.10 Å². The fourth-order valence-electron chi connectivity index (χ4n) is 1.93. The summed E-state index contributed by atoms with van der Waals surface area (Å²) in [5.41, 5.74) is 0.193. The molecular weight excluding hydrogens is 288 g/mol. The predicted molar refractivity (Wildman–Crippen MR) is 82.7 cm³/mol. The number of aromatic nitrogens is 2. The van der Waals surface area contributed by atoms with Crippen LogP contribution in [0.25, 0.3) is 5.69 Å². The number of carbonyl (C=O) groups is 1. The van der Waals surface area contributed by atoms with Gasteiger partial charge in [-0.05, 0) is 36.4 Å². The second-order valence-electron chi connectivity index (χ2n) is 4.86. The normalized spacial score (nSPS) is 10.9. The van der Waals surface area contributed by atoms with Gasteiger partial charge >= 0.3 is 5.97 Å². The van der Waals surface area contributed by atoms with Crippen LogP contribution in [0.15, 0.2) is 40.2 Å². The van der Waals surface area contributed by atoms with Gasteiger partial charge in [0.2, 0.25) is 11.1 Å². The number of hydrogen-bond acceptors (Lipinski definition) is 4. The van der Waals surface area contributed by atoms with E-state index in [1.807, 2.05) is 44.4 Å². The molecule has 0 fully saturated rings. The molecule has 1 N–H and O–H groups in total. The molecule has 2 aromatic rings. The van der Waals surface area contributed by atoms with E-state index in [0.717, 1.165) is 10.6 Å². The van der Waals surface area contributed by atoms with Crippen molar-refractivity contribution >= 4 is 17.7 Å². The maximum atomic E-state index is 12.1. The third-order valence-electron chi connectivity index (χ3n) is 3.11. The van der Waals surface area contributed by atoms with E-state index < -0.39 is 17.1 Å². The van der Waals surface area contributed by atoms with E-state index in [4.69, 9.17) is 5.11 Å². The Kier molecular flexibility index (Phi) is 4.47. The first kappa shape index (κ1) is 15.3. The molecule has 1 aromatic heterocycles. The van der Waals surface area contributed by atoms with Gasteiger partial charge in [-0.3, -0.25) is 4.79 Å². The van der Waals surface area contributed by atoms with Gasteiger partial charge in [-0.2, -0.15) is 5.10 Å². The minimum absolute atomic E-state index is 0.0738. The lowest BCUT2D eigenvalue weighted by Crippen LogP contribution is -2.25. The van der Waals surface area contributed by atoms with E-state index in [1.165, 1.54) is 4.68 Å². The molecule has 0 bridgehead atoms. The van der Waals surface area contributed by atoms with Gasteiger partial charge < -0.3 is 5.11 Å². The predicted octanol–water partition coefficient (Wildman–Crippen LogP) is 2.78. The van der Waals surface area contributed by atoms with Crippen molar-refractivity contribution in [2.45, 2.75) is 24.7 Å². The number of carboxylic acids is 1. The smallest absolute Gasteiger partial charge is 0.360 e. The molecule has 0 radical (unpaired) electrons. The van der Waals surface area contributed by atoms with Crippen LogP contribution >= 0.6 is 11.8 Å². The summed E-state index contributed by atoms with van der Waals surface area (Å²) in [6.45, 7) is 3.70. The van der Waals surface area contributed by atoms with Crippen molar-refractivity contribution in [1.29, 1.82) is 0 Å². The molecule has 0 atom stereocenters. The lowest BCUT2D eigenvalue weighted by molar-refractivity contribution is 0.0686. The summed E-state index contributed by atoms with van der Waals surface area (Å²) in [5.74, 6) is -1.38. The van der Waals surface area contributed by atoms with Crippen LogP contribution in [0, 0.1) is 0 Å². The van der Waals surface area contributed by atoms with Crippen molar-refractivity contribution in [2.75, 3.05) is 6.26 Å². The minimum atomic E-state index is -1.31. The van der Waals surface area contributed by atoms with E-state index >= 15 is 0 Å². The van der Waals surface area contributed by atoms with Gasteiger partial charge in [0.15, 0.2) is 0 Å². The summed E-state index contributed by atoms with van der Waals surface area (Å²) in [6, 6.07) is 7.54. The fourth-order valence-corrected chi connectivity index (χ4v) is 2.34. The Balaban J connectivity index is 2.62. The van der Waals surface area contributed by atoms with Gasteiger partial charge in [-0.1, -0.05) is 13.8 Å². The molecule has 2 rings (SSSR count). The number of aromatic carboxylic acids is 1. The lowest BCUT2D eigenvalue weighted by Gasteiger charge is -2.11. The highest BCUT2D eigenvalue weighted by atomic mass is 32.2. The molecule has 0 aliphatic heterocycles. The Bertz CT molecular complexity index is 721. The average Bonchev–Trinajstić information content (AvgIpc) is 2.47. The molecule has 21 heavy (non-hydrogen) atoms. The highest BCUT2D eigenvalue weighted by Crippen LogP contribution is 2.18. The van der Waals surface area contributed by atoms with E-state index in [0.29, 0.717) is 5.56 Å². The van der Waals surface area contributed by atoms with Crippen LogP contribution in [-0.2, 0) is 0 Å². The van der Waals surface area contributed by atoms with Crippen molar-refractivity contribution < 1.29 is 9.90 Å². The Morgan fingerprint density at radius 3 is 2.38 bits per heavy atom. The lowest BCUT2D eigenvalue weighted by atomic mass is 10.0. The zero-order valence-electron chi connectivity index (χ0n) is 12.0. The second kappa shape index (κ2) is 6.13. The molecule has 0 aliphatic carbocycles. The first-order valence-corrected chi connectivity index (χ1v) is 7.68. The van der Waals surface area contributed by atoms with Gasteiger partial charge in [0.1, 0.15) is 0 Å². The zero-order valence-corrected chi connectivity index (χ0v) is 12.8. The van der Waals surface area contributed by atoms with Gasteiger partial charge in [0, 0.05) is 16.7 Å². The number of carboxylic acid groups (broad SMARTS) is 1. The van der Waals surface area contributed by atoms with Gasteiger partial charge in [0.05, 0.1) is 5.69 Å². The zero-order chi connectivity index (χ0) is 15.6. The minimum Gasteiger partial charge on any atom is -0.476 e. The highest BCUT2D eigenvalue weighted by molar-refractivity contribution is 7.98. The van der Waals surface area contributed by atoms with Gasteiger partial charge in [-0.15, -0.1) is 11.8 Å². The highest BCUT2D eigenvalue weighted by Gasteiger charge is 2.18. The first-order chi connectivity index (χ1) is 9.93. The number of nitrogens with zero attached hydrogens (tertiary/aromatic N) is 2.